The van der Waals surface area contributed by atoms with Crippen LogP contribution >= 0.6 is 0 Å². The van der Waals surface area contributed by atoms with E-state index in [1.165, 1.54) is 12.1 Å². The van der Waals surface area contributed by atoms with E-state index in [0.29, 0.717) is 19.5 Å². The van der Waals surface area contributed by atoms with Crippen molar-refractivity contribution < 1.29 is 14.0 Å². The van der Waals surface area contributed by atoms with Gasteiger partial charge in [0.15, 0.2) is 0 Å². The quantitative estimate of drug-likeness (QED) is 0.769. The van der Waals surface area contributed by atoms with E-state index in [9.17, 15) is 14.0 Å². The van der Waals surface area contributed by atoms with E-state index < -0.39 is 0 Å². The van der Waals surface area contributed by atoms with E-state index in [4.69, 9.17) is 0 Å². The molecule has 1 fully saturated rings. The molecule has 1 aliphatic carbocycles. The van der Waals surface area contributed by atoms with Gasteiger partial charge in [0.05, 0.1) is 0 Å². The first-order chi connectivity index (χ1) is 13.6. The van der Waals surface area contributed by atoms with Crippen LogP contribution in [-0.2, 0) is 22.6 Å². The van der Waals surface area contributed by atoms with Gasteiger partial charge in [-0.15, -0.1) is 0 Å². The zero-order chi connectivity index (χ0) is 19.8. The molecule has 5 heteroatoms. The molecule has 2 aromatic carbocycles. The van der Waals surface area contributed by atoms with Gasteiger partial charge < -0.3 is 10.6 Å². The molecule has 1 saturated carbocycles. The Morgan fingerprint density at radius 3 is 1.96 bits per heavy atom. The van der Waals surface area contributed by atoms with Gasteiger partial charge in [0, 0.05) is 24.9 Å². The topological polar surface area (TPSA) is 58.2 Å². The maximum Gasteiger partial charge on any atom is 0.223 e. The summed E-state index contributed by atoms with van der Waals surface area (Å²) in [4.78, 5) is 24.7. The summed E-state index contributed by atoms with van der Waals surface area (Å²) < 4.78 is 12.9. The van der Waals surface area contributed by atoms with Crippen molar-refractivity contribution in [2.24, 2.45) is 11.8 Å². The van der Waals surface area contributed by atoms with E-state index in [-0.39, 0.29) is 29.5 Å². The predicted octanol–water partition coefficient (Wildman–Crippen LogP) is 3.61. The van der Waals surface area contributed by atoms with Crippen molar-refractivity contribution >= 4 is 11.8 Å². The maximum absolute atomic E-state index is 12.9. The lowest BCUT2D eigenvalue weighted by molar-refractivity contribution is -0.130. The molecule has 2 aromatic rings. The highest BCUT2D eigenvalue weighted by atomic mass is 19.1. The number of nitrogens with one attached hydrogen (secondary N) is 2. The predicted molar refractivity (Wildman–Crippen MR) is 107 cm³/mol. The fourth-order valence-corrected chi connectivity index (χ4v) is 3.67. The van der Waals surface area contributed by atoms with Crippen molar-refractivity contribution in [3.63, 3.8) is 0 Å². The molecule has 148 valence electrons. The van der Waals surface area contributed by atoms with Crippen LogP contribution in [0.4, 0.5) is 4.39 Å². The van der Waals surface area contributed by atoms with Crippen LogP contribution in [0.25, 0.3) is 0 Å². The Morgan fingerprint density at radius 2 is 1.36 bits per heavy atom. The number of halogens is 1. The minimum Gasteiger partial charge on any atom is -0.356 e. The van der Waals surface area contributed by atoms with Gasteiger partial charge >= 0.3 is 0 Å². The molecule has 3 rings (SSSR count). The van der Waals surface area contributed by atoms with Crippen LogP contribution in [0.2, 0.25) is 0 Å². The third kappa shape index (κ3) is 5.91. The van der Waals surface area contributed by atoms with Gasteiger partial charge in [-0.1, -0.05) is 42.5 Å². The number of benzene rings is 2. The Labute approximate surface area is 165 Å². The fraction of sp³-hybridized carbons (Fsp3) is 0.391. The Morgan fingerprint density at radius 1 is 0.786 bits per heavy atom. The summed E-state index contributed by atoms with van der Waals surface area (Å²) in [5.41, 5.74) is 2.09. The molecule has 2 N–H and O–H groups in total. The monoisotopic (exact) mass is 382 g/mol. The van der Waals surface area contributed by atoms with Gasteiger partial charge in [-0.05, 0) is 55.4 Å². The van der Waals surface area contributed by atoms with Gasteiger partial charge in [0.2, 0.25) is 11.8 Å². The molecule has 0 spiro atoms. The maximum atomic E-state index is 12.9. The van der Waals surface area contributed by atoms with Gasteiger partial charge in [-0.3, -0.25) is 9.59 Å². The summed E-state index contributed by atoms with van der Waals surface area (Å²) in [6.45, 7) is 1.09. The van der Waals surface area contributed by atoms with Crippen molar-refractivity contribution in [2.45, 2.75) is 38.6 Å². The highest BCUT2D eigenvalue weighted by Crippen LogP contribution is 2.29. The van der Waals surface area contributed by atoms with Crippen molar-refractivity contribution in [3.8, 4) is 0 Å². The zero-order valence-corrected chi connectivity index (χ0v) is 16.0. The van der Waals surface area contributed by atoms with E-state index in [1.807, 2.05) is 30.3 Å². The Hall–Kier alpha value is -2.69. The smallest absolute Gasteiger partial charge is 0.223 e. The van der Waals surface area contributed by atoms with Gasteiger partial charge in [0.25, 0.3) is 0 Å². The minimum atomic E-state index is -0.252. The first-order valence-electron chi connectivity index (χ1n) is 9.95. The van der Waals surface area contributed by atoms with Gasteiger partial charge in [-0.25, -0.2) is 4.39 Å². The molecule has 1 aliphatic rings. The third-order valence-corrected chi connectivity index (χ3v) is 5.40. The van der Waals surface area contributed by atoms with Crippen LogP contribution in [0, 0.1) is 17.7 Å². The Balaban J connectivity index is 1.35. The van der Waals surface area contributed by atoms with Crippen molar-refractivity contribution in [1.29, 1.82) is 0 Å². The summed E-state index contributed by atoms with van der Waals surface area (Å²) >= 11 is 0. The van der Waals surface area contributed by atoms with Crippen LogP contribution in [-0.4, -0.2) is 18.4 Å². The number of carbonyl (C=O) groups is 2. The molecule has 0 bridgehead atoms. The lowest BCUT2D eigenvalue weighted by atomic mass is 9.81. The average molecular weight is 382 g/mol. The van der Waals surface area contributed by atoms with Crippen LogP contribution in [0.3, 0.4) is 0 Å². The first kappa shape index (κ1) is 20.1. The standard InChI is InChI=1S/C23H27FN2O2/c24-21-12-6-17(7-13-21)14-15-25-22(27)19-8-10-20(11-9-19)23(28)26-16-18-4-2-1-3-5-18/h1-7,12-13,19-20H,8-11,14-16H2,(H,25,27)(H,26,28). The molecule has 4 nitrogen and oxygen atoms in total. The molecule has 28 heavy (non-hydrogen) atoms. The molecular formula is C23H27FN2O2. The molecule has 0 radical (unpaired) electrons. The number of rotatable bonds is 7. The van der Waals surface area contributed by atoms with Crippen LogP contribution in [0.15, 0.2) is 54.6 Å². The lowest BCUT2D eigenvalue weighted by Crippen LogP contribution is -2.37. The zero-order valence-electron chi connectivity index (χ0n) is 16.0. The largest absolute Gasteiger partial charge is 0.356 e. The van der Waals surface area contributed by atoms with E-state index in [1.54, 1.807) is 12.1 Å². The average Bonchev–Trinajstić information content (AvgIpc) is 2.74. The summed E-state index contributed by atoms with van der Waals surface area (Å²) in [7, 11) is 0. The molecule has 0 aromatic heterocycles. The van der Waals surface area contributed by atoms with E-state index >= 15 is 0 Å². The summed E-state index contributed by atoms with van der Waals surface area (Å²) in [5, 5.41) is 5.98. The van der Waals surface area contributed by atoms with Crippen molar-refractivity contribution in [3.05, 3.63) is 71.5 Å². The lowest BCUT2D eigenvalue weighted by Gasteiger charge is -2.27. The summed E-state index contributed by atoms with van der Waals surface area (Å²) in [5.74, 6) is -0.139. The molecule has 0 saturated heterocycles. The normalized spacial score (nSPS) is 19.0. The third-order valence-electron chi connectivity index (χ3n) is 5.40. The SMILES string of the molecule is O=C(NCCc1ccc(F)cc1)C1CCC(C(=O)NCc2ccccc2)CC1. The number of hydrogen-bond donors (Lipinski definition) is 2. The van der Waals surface area contributed by atoms with Gasteiger partial charge in [0.1, 0.15) is 5.82 Å². The molecule has 0 atom stereocenters. The molecular weight excluding hydrogens is 355 g/mol. The van der Waals surface area contributed by atoms with Crippen LogP contribution in [0.1, 0.15) is 36.8 Å². The highest BCUT2D eigenvalue weighted by molar-refractivity contribution is 5.81. The van der Waals surface area contributed by atoms with Crippen LogP contribution in [0.5, 0.6) is 0 Å². The summed E-state index contributed by atoms with van der Waals surface area (Å²) in [6.07, 6.45) is 3.66. The molecule has 0 aliphatic heterocycles. The summed E-state index contributed by atoms with van der Waals surface area (Å²) in [6, 6.07) is 16.2. The molecule has 2 amide bonds. The van der Waals surface area contributed by atoms with Crippen molar-refractivity contribution in [1.82, 2.24) is 10.6 Å². The van der Waals surface area contributed by atoms with Crippen LogP contribution < -0.4 is 10.6 Å². The van der Waals surface area contributed by atoms with Gasteiger partial charge in [-0.2, -0.15) is 0 Å². The second kappa shape index (κ2) is 10.0. The second-order valence-electron chi connectivity index (χ2n) is 7.42. The van der Waals surface area contributed by atoms with E-state index in [0.717, 1.165) is 36.8 Å². The highest BCUT2D eigenvalue weighted by Gasteiger charge is 2.29. The Bertz CT molecular complexity index is 769. The van der Waals surface area contributed by atoms with E-state index in [2.05, 4.69) is 10.6 Å². The molecule has 0 heterocycles. The first-order valence-corrected chi connectivity index (χ1v) is 9.95. The fourth-order valence-electron chi connectivity index (χ4n) is 3.67. The minimum absolute atomic E-state index is 0.00743. The number of hydrogen-bond acceptors (Lipinski definition) is 2. The van der Waals surface area contributed by atoms with Crippen molar-refractivity contribution in [2.75, 3.05) is 6.54 Å². The Kier molecular flexibility index (Phi) is 7.18. The second-order valence-corrected chi connectivity index (χ2v) is 7.42. The number of amides is 2. The number of carbonyl (C=O) groups excluding carboxylic acids is 2. The molecule has 0 unspecified atom stereocenters.